The van der Waals surface area contributed by atoms with Crippen LogP contribution in [0.5, 0.6) is 0 Å². The molecule has 0 radical (unpaired) electrons. The largest absolute Gasteiger partial charge is 0.369 e. The van der Waals surface area contributed by atoms with Crippen LogP contribution in [0.1, 0.15) is 12.5 Å². The molecule has 1 aromatic rings. The smallest absolute Gasteiger partial charge is 0.210 e. The molecule has 5 nitrogen and oxygen atoms in total. The van der Waals surface area contributed by atoms with Crippen LogP contribution in [-0.2, 0) is 16.6 Å². The summed E-state index contributed by atoms with van der Waals surface area (Å²) >= 11 is 0. The summed E-state index contributed by atoms with van der Waals surface area (Å²) in [6.45, 7) is 4.12. The van der Waals surface area contributed by atoms with E-state index in [1.54, 1.807) is 0 Å². The lowest BCUT2D eigenvalue weighted by Crippen LogP contribution is -2.39. The SMILES string of the molecule is CC1CN(CCS(N)(=O)=O)c2ccccc2CN1. The molecule has 1 aliphatic rings. The second-order valence-corrected chi connectivity index (χ2v) is 6.46. The number of sulfonamides is 1. The third-order valence-corrected chi connectivity index (χ3v) is 3.86. The molecular weight excluding hydrogens is 250 g/mol. The molecule has 0 fully saturated rings. The van der Waals surface area contributed by atoms with Gasteiger partial charge in [0, 0.05) is 31.4 Å². The predicted octanol–water partition coefficient (Wildman–Crippen LogP) is 0.273. The van der Waals surface area contributed by atoms with Crippen molar-refractivity contribution in [2.75, 3.05) is 23.7 Å². The summed E-state index contributed by atoms with van der Waals surface area (Å²) in [6.07, 6.45) is 0. The molecule has 1 aromatic carbocycles. The van der Waals surface area contributed by atoms with E-state index in [-0.39, 0.29) is 5.75 Å². The molecule has 0 saturated heterocycles. The van der Waals surface area contributed by atoms with Crippen molar-refractivity contribution >= 4 is 15.7 Å². The van der Waals surface area contributed by atoms with Gasteiger partial charge in [-0.15, -0.1) is 0 Å². The van der Waals surface area contributed by atoms with E-state index in [1.165, 1.54) is 5.56 Å². The molecule has 0 aliphatic carbocycles. The third-order valence-electron chi connectivity index (χ3n) is 3.11. The third kappa shape index (κ3) is 3.44. The Balaban J connectivity index is 2.21. The molecule has 1 unspecified atom stereocenters. The molecule has 2 rings (SSSR count). The highest BCUT2D eigenvalue weighted by molar-refractivity contribution is 7.89. The number of fused-ring (bicyclic) bond motifs is 1. The van der Waals surface area contributed by atoms with Crippen molar-refractivity contribution < 1.29 is 8.42 Å². The molecule has 0 spiro atoms. The van der Waals surface area contributed by atoms with Gasteiger partial charge in [0.15, 0.2) is 0 Å². The number of para-hydroxylation sites is 1. The van der Waals surface area contributed by atoms with E-state index in [9.17, 15) is 8.42 Å². The summed E-state index contributed by atoms with van der Waals surface area (Å²) in [4.78, 5) is 2.09. The van der Waals surface area contributed by atoms with Crippen molar-refractivity contribution in [3.63, 3.8) is 0 Å². The Labute approximate surface area is 108 Å². The molecule has 100 valence electrons. The van der Waals surface area contributed by atoms with Crippen LogP contribution < -0.4 is 15.4 Å². The second-order valence-electron chi connectivity index (χ2n) is 4.72. The molecule has 18 heavy (non-hydrogen) atoms. The fourth-order valence-electron chi connectivity index (χ4n) is 2.20. The molecule has 3 N–H and O–H groups in total. The van der Waals surface area contributed by atoms with E-state index in [4.69, 9.17) is 5.14 Å². The minimum Gasteiger partial charge on any atom is -0.369 e. The molecule has 6 heteroatoms. The number of nitrogens with one attached hydrogen (secondary N) is 1. The van der Waals surface area contributed by atoms with Crippen LogP contribution in [0.4, 0.5) is 5.69 Å². The van der Waals surface area contributed by atoms with Crippen molar-refractivity contribution in [1.29, 1.82) is 0 Å². The Hall–Kier alpha value is -1.11. The second kappa shape index (κ2) is 5.26. The molecule has 1 heterocycles. The van der Waals surface area contributed by atoms with Gasteiger partial charge in [0.1, 0.15) is 0 Å². The van der Waals surface area contributed by atoms with Gasteiger partial charge < -0.3 is 10.2 Å². The number of hydrogen-bond donors (Lipinski definition) is 2. The summed E-state index contributed by atoms with van der Waals surface area (Å²) in [6, 6.07) is 8.37. The van der Waals surface area contributed by atoms with Crippen LogP contribution in [0, 0.1) is 0 Å². The maximum absolute atomic E-state index is 11.1. The van der Waals surface area contributed by atoms with Gasteiger partial charge in [0.25, 0.3) is 0 Å². The first-order chi connectivity index (χ1) is 8.46. The lowest BCUT2D eigenvalue weighted by molar-refractivity contribution is 0.554. The van der Waals surface area contributed by atoms with Crippen molar-refractivity contribution in [1.82, 2.24) is 5.32 Å². The highest BCUT2D eigenvalue weighted by atomic mass is 32.2. The number of anilines is 1. The average Bonchev–Trinajstić information content (AvgIpc) is 2.46. The van der Waals surface area contributed by atoms with Crippen LogP contribution in [-0.4, -0.2) is 33.3 Å². The van der Waals surface area contributed by atoms with Gasteiger partial charge >= 0.3 is 0 Å². The van der Waals surface area contributed by atoms with Crippen LogP contribution >= 0.6 is 0 Å². The fraction of sp³-hybridized carbons (Fsp3) is 0.500. The van der Waals surface area contributed by atoms with Gasteiger partial charge in [-0.1, -0.05) is 18.2 Å². The Morgan fingerprint density at radius 3 is 2.89 bits per heavy atom. The highest BCUT2D eigenvalue weighted by Crippen LogP contribution is 2.23. The van der Waals surface area contributed by atoms with E-state index < -0.39 is 10.0 Å². The number of benzene rings is 1. The number of rotatable bonds is 3. The lowest BCUT2D eigenvalue weighted by Gasteiger charge is -2.26. The van der Waals surface area contributed by atoms with Crippen LogP contribution in [0.25, 0.3) is 0 Å². The van der Waals surface area contributed by atoms with E-state index in [0.29, 0.717) is 12.6 Å². The molecule has 0 bridgehead atoms. The standard InChI is InChI=1S/C12H19N3O2S/c1-10-9-15(6-7-18(13,16)17)12-5-3-2-4-11(12)8-14-10/h2-5,10,14H,6-9H2,1H3,(H2,13,16,17). The lowest BCUT2D eigenvalue weighted by atomic mass is 10.1. The number of nitrogens with zero attached hydrogens (tertiary/aromatic N) is 1. The Morgan fingerprint density at radius 1 is 1.44 bits per heavy atom. The van der Waals surface area contributed by atoms with E-state index in [2.05, 4.69) is 23.2 Å². The summed E-state index contributed by atoms with van der Waals surface area (Å²) in [5, 5.41) is 8.48. The minimum absolute atomic E-state index is 0.0198. The van der Waals surface area contributed by atoms with E-state index in [1.807, 2.05) is 18.2 Å². The Morgan fingerprint density at radius 2 is 2.17 bits per heavy atom. The van der Waals surface area contributed by atoms with Gasteiger partial charge in [-0.05, 0) is 18.6 Å². The Bertz CT molecular complexity index is 516. The summed E-state index contributed by atoms with van der Waals surface area (Å²) < 4.78 is 22.2. The van der Waals surface area contributed by atoms with Gasteiger partial charge in [-0.2, -0.15) is 0 Å². The zero-order valence-corrected chi connectivity index (χ0v) is 11.3. The van der Waals surface area contributed by atoms with E-state index in [0.717, 1.165) is 18.8 Å². The van der Waals surface area contributed by atoms with Crippen molar-refractivity contribution in [2.45, 2.75) is 19.5 Å². The first-order valence-corrected chi connectivity index (χ1v) is 7.74. The van der Waals surface area contributed by atoms with Crippen molar-refractivity contribution in [3.8, 4) is 0 Å². The molecule has 0 saturated carbocycles. The predicted molar refractivity (Wildman–Crippen MR) is 72.9 cm³/mol. The van der Waals surface area contributed by atoms with Crippen LogP contribution in [0.15, 0.2) is 24.3 Å². The monoisotopic (exact) mass is 269 g/mol. The van der Waals surface area contributed by atoms with E-state index >= 15 is 0 Å². The summed E-state index contributed by atoms with van der Waals surface area (Å²) in [5.41, 5.74) is 2.29. The van der Waals surface area contributed by atoms with Gasteiger partial charge in [-0.25, -0.2) is 13.6 Å². The Kier molecular flexibility index (Phi) is 3.89. The number of nitrogens with two attached hydrogens (primary N) is 1. The average molecular weight is 269 g/mol. The zero-order chi connectivity index (χ0) is 13.2. The molecule has 0 amide bonds. The number of hydrogen-bond acceptors (Lipinski definition) is 4. The molecule has 1 aliphatic heterocycles. The van der Waals surface area contributed by atoms with Gasteiger partial charge in [-0.3, -0.25) is 0 Å². The summed E-state index contributed by atoms with van der Waals surface area (Å²) in [7, 11) is -3.42. The molecule has 0 aromatic heterocycles. The first-order valence-electron chi connectivity index (χ1n) is 6.02. The topological polar surface area (TPSA) is 75.4 Å². The molecular formula is C12H19N3O2S. The minimum atomic E-state index is -3.42. The highest BCUT2D eigenvalue weighted by Gasteiger charge is 2.19. The van der Waals surface area contributed by atoms with Gasteiger partial charge in [0.05, 0.1) is 5.75 Å². The van der Waals surface area contributed by atoms with Crippen molar-refractivity contribution in [3.05, 3.63) is 29.8 Å². The quantitative estimate of drug-likeness (QED) is 0.826. The fourth-order valence-corrected chi connectivity index (χ4v) is 2.67. The molecule has 1 atom stereocenters. The van der Waals surface area contributed by atoms with Crippen LogP contribution in [0.3, 0.4) is 0 Å². The first kappa shape index (κ1) is 13.3. The van der Waals surface area contributed by atoms with Crippen LogP contribution in [0.2, 0.25) is 0 Å². The van der Waals surface area contributed by atoms with Crippen molar-refractivity contribution in [2.24, 2.45) is 5.14 Å². The maximum Gasteiger partial charge on any atom is 0.210 e. The zero-order valence-electron chi connectivity index (χ0n) is 10.5. The number of primary sulfonamides is 1. The maximum atomic E-state index is 11.1. The normalized spacial score (nSPS) is 20.3. The van der Waals surface area contributed by atoms with Gasteiger partial charge in [0.2, 0.25) is 10.0 Å². The summed E-state index contributed by atoms with van der Waals surface area (Å²) in [5.74, 6) is -0.0198.